The molecule has 0 amide bonds. The van der Waals surface area contributed by atoms with Crippen LogP contribution >= 0.6 is 0 Å². The summed E-state index contributed by atoms with van der Waals surface area (Å²) in [6.07, 6.45) is 3.42. The van der Waals surface area contributed by atoms with E-state index in [1.807, 2.05) is 7.05 Å². The first kappa shape index (κ1) is 17.4. The summed E-state index contributed by atoms with van der Waals surface area (Å²) in [5.41, 5.74) is -0.175. The molecule has 2 aromatic carbocycles. The zero-order chi connectivity index (χ0) is 17.3. The molecule has 2 aromatic rings. The van der Waals surface area contributed by atoms with Gasteiger partial charge in [-0.25, -0.2) is 0 Å². The minimum atomic E-state index is -2.44. The fraction of sp³-hybridized carbons (Fsp3) is 0.429. The van der Waals surface area contributed by atoms with Crippen LogP contribution in [0, 0.1) is 0 Å². The van der Waals surface area contributed by atoms with Gasteiger partial charge in [0.2, 0.25) is 0 Å². The van der Waals surface area contributed by atoms with Gasteiger partial charge in [-0.2, -0.15) is 0 Å². The quantitative estimate of drug-likeness (QED) is 0.663. The van der Waals surface area contributed by atoms with E-state index in [2.05, 4.69) is 86.8 Å². The smallest absolute Gasteiger partial charge is 0.263 e. The van der Waals surface area contributed by atoms with E-state index < -0.39 is 8.32 Å². The van der Waals surface area contributed by atoms with Gasteiger partial charge in [-0.05, 0) is 41.7 Å². The first-order valence-electron chi connectivity index (χ1n) is 8.94. The van der Waals surface area contributed by atoms with Crippen molar-refractivity contribution in [1.82, 2.24) is 5.32 Å². The Labute approximate surface area is 147 Å². The van der Waals surface area contributed by atoms with Crippen molar-refractivity contribution in [3.63, 3.8) is 0 Å². The summed E-state index contributed by atoms with van der Waals surface area (Å²) < 4.78 is 7.18. The predicted octanol–water partition coefficient (Wildman–Crippen LogP) is 3.66. The summed E-state index contributed by atoms with van der Waals surface area (Å²) in [6.45, 7) is 7.00. The highest BCUT2D eigenvalue weighted by Crippen LogP contribution is 2.43. The van der Waals surface area contributed by atoms with E-state index in [1.54, 1.807) is 0 Å². The first-order chi connectivity index (χ1) is 11.4. The SMILES string of the molecule is CNC1(O[Si](c2ccccc2)(c2ccccc2)C(C)(C)C)CCC1. The lowest BCUT2D eigenvalue weighted by Gasteiger charge is -2.53. The number of hydrogen-bond acceptors (Lipinski definition) is 2. The van der Waals surface area contributed by atoms with E-state index in [-0.39, 0.29) is 10.8 Å². The minimum Gasteiger partial charge on any atom is -0.390 e. The standard InChI is InChI=1S/C21H29NOSi/c1-20(2,3)24(18-12-7-5-8-13-18,19-14-9-6-10-15-19)23-21(22-4)16-11-17-21/h5-10,12-15,22H,11,16-17H2,1-4H3. The number of benzene rings is 2. The van der Waals surface area contributed by atoms with Gasteiger partial charge in [0, 0.05) is 0 Å². The fourth-order valence-corrected chi connectivity index (χ4v) is 8.67. The maximum atomic E-state index is 7.18. The van der Waals surface area contributed by atoms with Crippen LogP contribution in [0.25, 0.3) is 0 Å². The molecule has 0 spiro atoms. The fourth-order valence-electron chi connectivity index (χ4n) is 3.84. The monoisotopic (exact) mass is 339 g/mol. The molecule has 3 heteroatoms. The molecule has 0 radical (unpaired) electrons. The van der Waals surface area contributed by atoms with Crippen LogP contribution in [0.3, 0.4) is 0 Å². The minimum absolute atomic E-state index is 0.0369. The van der Waals surface area contributed by atoms with Crippen LogP contribution in [0.1, 0.15) is 40.0 Å². The second-order valence-corrected chi connectivity index (χ2v) is 12.1. The molecule has 0 bridgehead atoms. The summed E-state index contributed by atoms with van der Waals surface area (Å²) in [5.74, 6) is 0. The Bertz CT molecular complexity index is 614. The zero-order valence-electron chi connectivity index (χ0n) is 15.3. The van der Waals surface area contributed by atoms with Crippen LogP contribution in [0.5, 0.6) is 0 Å². The van der Waals surface area contributed by atoms with E-state index in [0.717, 1.165) is 12.8 Å². The summed E-state index contributed by atoms with van der Waals surface area (Å²) in [7, 11) is -0.399. The molecule has 0 saturated heterocycles. The molecule has 0 aromatic heterocycles. The average Bonchev–Trinajstić information content (AvgIpc) is 2.55. The Kier molecular flexibility index (Phi) is 4.69. The van der Waals surface area contributed by atoms with Crippen molar-refractivity contribution < 1.29 is 4.43 Å². The van der Waals surface area contributed by atoms with Gasteiger partial charge in [0.05, 0.1) is 0 Å². The van der Waals surface area contributed by atoms with Gasteiger partial charge < -0.3 is 4.43 Å². The molecule has 0 aliphatic heterocycles. The largest absolute Gasteiger partial charge is 0.390 e. The molecular formula is C21H29NOSi. The van der Waals surface area contributed by atoms with Gasteiger partial charge >= 0.3 is 0 Å². The molecule has 24 heavy (non-hydrogen) atoms. The molecule has 1 aliphatic carbocycles. The van der Waals surface area contributed by atoms with Crippen LogP contribution in [0.15, 0.2) is 60.7 Å². The van der Waals surface area contributed by atoms with E-state index >= 15 is 0 Å². The Morgan fingerprint density at radius 2 is 1.33 bits per heavy atom. The number of hydrogen-bond donors (Lipinski definition) is 1. The molecule has 1 aliphatic rings. The van der Waals surface area contributed by atoms with Gasteiger partial charge in [0.15, 0.2) is 0 Å². The number of rotatable bonds is 5. The van der Waals surface area contributed by atoms with E-state index in [4.69, 9.17) is 4.43 Å². The van der Waals surface area contributed by atoms with Gasteiger partial charge in [-0.1, -0.05) is 81.4 Å². The Hall–Kier alpha value is -1.42. The maximum absolute atomic E-state index is 7.18. The van der Waals surface area contributed by atoms with Gasteiger partial charge in [0.25, 0.3) is 8.32 Å². The third-order valence-corrected chi connectivity index (χ3v) is 10.5. The average molecular weight is 340 g/mol. The third-order valence-electron chi connectivity index (χ3n) is 5.38. The second-order valence-electron chi connectivity index (χ2n) is 7.86. The second kappa shape index (κ2) is 6.47. The van der Waals surface area contributed by atoms with Crippen molar-refractivity contribution in [2.75, 3.05) is 7.05 Å². The predicted molar refractivity (Wildman–Crippen MR) is 104 cm³/mol. The van der Waals surface area contributed by atoms with Crippen LogP contribution in [0.2, 0.25) is 5.04 Å². The molecule has 0 atom stereocenters. The Morgan fingerprint density at radius 1 is 0.875 bits per heavy atom. The molecular weight excluding hydrogens is 310 g/mol. The highest BCUT2D eigenvalue weighted by Gasteiger charge is 2.55. The van der Waals surface area contributed by atoms with Crippen molar-refractivity contribution in [3.05, 3.63) is 60.7 Å². The van der Waals surface area contributed by atoms with Crippen molar-refractivity contribution in [3.8, 4) is 0 Å². The summed E-state index contributed by atoms with van der Waals surface area (Å²) in [4.78, 5) is 0. The van der Waals surface area contributed by atoms with Crippen molar-refractivity contribution in [2.45, 2.75) is 50.8 Å². The maximum Gasteiger partial charge on any atom is 0.263 e. The van der Waals surface area contributed by atoms with Crippen LogP contribution in [0.4, 0.5) is 0 Å². The molecule has 0 heterocycles. The highest BCUT2D eigenvalue weighted by atomic mass is 28.4. The highest BCUT2D eigenvalue weighted by molar-refractivity contribution is 6.99. The van der Waals surface area contributed by atoms with Crippen molar-refractivity contribution in [1.29, 1.82) is 0 Å². The normalized spacial score (nSPS) is 17.3. The number of nitrogens with one attached hydrogen (secondary N) is 1. The Morgan fingerprint density at radius 3 is 1.62 bits per heavy atom. The van der Waals surface area contributed by atoms with Gasteiger partial charge in [-0.15, -0.1) is 0 Å². The molecule has 1 fully saturated rings. The van der Waals surface area contributed by atoms with E-state index in [9.17, 15) is 0 Å². The van der Waals surface area contributed by atoms with Crippen molar-refractivity contribution >= 4 is 18.7 Å². The summed E-state index contributed by atoms with van der Waals surface area (Å²) in [6, 6.07) is 21.8. The molecule has 3 rings (SSSR count). The zero-order valence-corrected chi connectivity index (χ0v) is 16.3. The van der Waals surface area contributed by atoms with Crippen molar-refractivity contribution in [2.24, 2.45) is 0 Å². The van der Waals surface area contributed by atoms with Crippen LogP contribution in [-0.2, 0) is 4.43 Å². The van der Waals surface area contributed by atoms with E-state index in [0.29, 0.717) is 0 Å². The summed E-state index contributed by atoms with van der Waals surface area (Å²) >= 11 is 0. The third kappa shape index (κ3) is 2.85. The molecule has 2 nitrogen and oxygen atoms in total. The molecule has 0 unspecified atom stereocenters. The lowest BCUT2D eigenvalue weighted by molar-refractivity contribution is -0.0410. The molecule has 1 saturated carbocycles. The molecule has 128 valence electrons. The summed E-state index contributed by atoms with van der Waals surface area (Å²) in [5, 5.41) is 6.24. The van der Waals surface area contributed by atoms with Gasteiger partial charge in [-0.3, -0.25) is 5.32 Å². The van der Waals surface area contributed by atoms with Crippen LogP contribution < -0.4 is 15.7 Å². The van der Waals surface area contributed by atoms with E-state index in [1.165, 1.54) is 16.8 Å². The lowest BCUT2D eigenvalue weighted by atomic mass is 9.89. The van der Waals surface area contributed by atoms with Gasteiger partial charge in [0.1, 0.15) is 5.72 Å². The first-order valence-corrected chi connectivity index (χ1v) is 10.8. The van der Waals surface area contributed by atoms with Crippen LogP contribution in [-0.4, -0.2) is 21.1 Å². The Balaban J connectivity index is 2.21. The topological polar surface area (TPSA) is 21.3 Å². The molecule has 1 N–H and O–H groups in total. The lowest BCUT2D eigenvalue weighted by Crippen LogP contribution is -2.72.